The molecule has 2 aromatic carbocycles. The van der Waals surface area contributed by atoms with Gasteiger partial charge in [-0.05, 0) is 23.3 Å². The first-order valence-electron chi connectivity index (χ1n) is 8.16. The molecule has 0 radical (unpaired) electrons. The molecule has 0 amide bonds. The van der Waals surface area contributed by atoms with Crippen molar-refractivity contribution in [3.05, 3.63) is 83.2 Å². The molecule has 8 heteroatoms. The number of benzene rings is 2. The van der Waals surface area contributed by atoms with Gasteiger partial charge < -0.3 is 0 Å². The molecule has 6 nitrogen and oxygen atoms in total. The van der Waals surface area contributed by atoms with E-state index in [-0.39, 0.29) is 18.1 Å². The lowest BCUT2D eigenvalue weighted by atomic mass is 10.1. The molecule has 1 heterocycles. The van der Waals surface area contributed by atoms with Crippen LogP contribution >= 0.6 is 0 Å². The molecule has 1 aromatic heterocycles. The van der Waals surface area contributed by atoms with Gasteiger partial charge in [-0.2, -0.15) is 5.10 Å². The fraction of sp³-hybridized carbons (Fsp3) is 0.222. The smallest absolute Gasteiger partial charge is 0.215 e. The van der Waals surface area contributed by atoms with Crippen molar-refractivity contribution in [3.8, 4) is 0 Å². The number of H-pyrrole nitrogens is 1. The number of hydrogen-bond donors (Lipinski definition) is 2. The van der Waals surface area contributed by atoms with E-state index in [1.807, 2.05) is 12.1 Å². The van der Waals surface area contributed by atoms with Gasteiger partial charge in [0.25, 0.3) is 0 Å². The lowest BCUT2D eigenvalue weighted by molar-refractivity contribution is 0.580. The summed E-state index contributed by atoms with van der Waals surface area (Å²) in [5.41, 5.74) is 1.52. The second kappa shape index (κ2) is 8.20. The molecule has 0 aliphatic carbocycles. The summed E-state index contributed by atoms with van der Waals surface area (Å²) >= 11 is 0. The van der Waals surface area contributed by atoms with Crippen molar-refractivity contribution in [1.29, 1.82) is 0 Å². The fourth-order valence-corrected chi connectivity index (χ4v) is 3.68. The Bertz CT molecular complexity index is 958. The zero-order chi connectivity index (χ0) is 18.4. The van der Waals surface area contributed by atoms with E-state index in [0.717, 1.165) is 11.1 Å². The third kappa shape index (κ3) is 5.47. The van der Waals surface area contributed by atoms with Gasteiger partial charge in [-0.1, -0.05) is 42.5 Å². The Kier molecular flexibility index (Phi) is 5.75. The summed E-state index contributed by atoms with van der Waals surface area (Å²) < 4.78 is 39.9. The zero-order valence-electron chi connectivity index (χ0n) is 14.0. The molecule has 0 bridgehead atoms. The fourth-order valence-electron chi connectivity index (χ4n) is 2.53. The van der Waals surface area contributed by atoms with Gasteiger partial charge in [0.05, 0.1) is 5.75 Å². The lowest BCUT2D eigenvalue weighted by Crippen LogP contribution is -2.27. The summed E-state index contributed by atoms with van der Waals surface area (Å²) in [5.74, 6) is 0.763. The largest absolute Gasteiger partial charge is 0.263 e. The van der Waals surface area contributed by atoms with Gasteiger partial charge in [0, 0.05) is 19.4 Å². The van der Waals surface area contributed by atoms with Crippen LogP contribution in [0.3, 0.4) is 0 Å². The van der Waals surface area contributed by atoms with Crippen LogP contribution in [-0.2, 0) is 28.6 Å². The summed E-state index contributed by atoms with van der Waals surface area (Å²) in [6.45, 7) is 0.215. The van der Waals surface area contributed by atoms with E-state index in [4.69, 9.17) is 0 Å². The number of rotatable bonds is 8. The Hall–Kier alpha value is -2.58. The Morgan fingerprint density at radius 2 is 1.81 bits per heavy atom. The highest BCUT2D eigenvalue weighted by Crippen LogP contribution is 2.08. The maximum absolute atomic E-state index is 13.2. The average Bonchev–Trinajstić information content (AvgIpc) is 3.02. The molecule has 26 heavy (non-hydrogen) atoms. The van der Waals surface area contributed by atoms with Gasteiger partial charge in [-0.15, -0.1) is 0 Å². The Labute approximate surface area is 151 Å². The molecule has 0 unspecified atom stereocenters. The summed E-state index contributed by atoms with van der Waals surface area (Å²) in [6.07, 6.45) is 0.804. The Morgan fingerprint density at radius 1 is 1.04 bits per heavy atom. The van der Waals surface area contributed by atoms with Gasteiger partial charge >= 0.3 is 0 Å². The second-order valence-corrected chi connectivity index (χ2v) is 7.70. The first-order valence-corrected chi connectivity index (χ1v) is 9.81. The topological polar surface area (TPSA) is 87.7 Å². The van der Waals surface area contributed by atoms with Crippen molar-refractivity contribution in [2.75, 3.05) is 6.54 Å². The summed E-state index contributed by atoms with van der Waals surface area (Å²) in [6, 6.07) is 15.3. The molecule has 3 rings (SSSR count). The minimum absolute atomic E-state index is 0.0628. The van der Waals surface area contributed by atoms with E-state index in [2.05, 4.69) is 19.9 Å². The van der Waals surface area contributed by atoms with Crippen molar-refractivity contribution in [1.82, 2.24) is 19.9 Å². The minimum atomic E-state index is -3.41. The van der Waals surface area contributed by atoms with Gasteiger partial charge in [0.15, 0.2) is 5.82 Å². The summed E-state index contributed by atoms with van der Waals surface area (Å²) in [7, 11) is -3.41. The van der Waals surface area contributed by atoms with Crippen LogP contribution in [0.15, 0.2) is 54.6 Å². The Morgan fingerprint density at radius 3 is 2.58 bits per heavy atom. The molecule has 0 fully saturated rings. The molecule has 0 saturated heterocycles. The molecule has 3 aromatic rings. The van der Waals surface area contributed by atoms with Crippen molar-refractivity contribution in [3.63, 3.8) is 0 Å². The molecule has 0 spiro atoms. The number of aromatic nitrogens is 3. The highest BCUT2D eigenvalue weighted by atomic mass is 32.2. The summed E-state index contributed by atoms with van der Waals surface area (Å²) in [5, 5.41) is 6.87. The molecule has 0 aliphatic heterocycles. The van der Waals surface area contributed by atoms with E-state index in [1.165, 1.54) is 12.1 Å². The molecule has 0 aliphatic rings. The molecular weight excluding hydrogens is 355 g/mol. The van der Waals surface area contributed by atoms with Gasteiger partial charge in [-0.25, -0.2) is 22.5 Å². The number of sulfonamides is 1. The van der Waals surface area contributed by atoms with Gasteiger partial charge in [0.1, 0.15) is 11.6 Å². The average molecular weight is 374 g/mol. The molecule has 136 valence electrons. The van der Waals surface area contributed by atoms with Crippen LogP contribution in [0, 0.1) is 5.82 Å². The van der Waals surface area contributed by atoms with E-state index in [0.29, 0.717) is 24.5 Å². The first-order chi connectivity index (χ1) is 12.5. The maximum atomic E-state index is 13.2. The second-order valence-electron chi connectivity index (χ2n) is 5.89. The van der Waals surface area contributed by atoms with Crippen molar-refractivity contribution in [2.45, 2.75) is 18.6 Å². The van der Waals surface area contributed by atoms with Crippen LogP contribution in [0.1, 0.15) is 22.8 Å². The van der Waals surface area contributed by atoms with E-state index >= 15 is 0 Å². The first kappa shape index (κ1) is 18.2. The van der Waals surface area contributed by atoms with E-state index in [9.17, 15) is 12.8 Å². The van der Waals surface area contributed by atoms with Crippen molar-refractivity contribution in [2.24, 2.45) is 0 Å². The van der Waals surface area contributed by atoms with E-state index < -0.39 is 10.0 Å². The third-order valence-corrected chi connectivity index (χ3v) is 5.07. The number of nitrogens with zero attached hydrogens (tertiary/aromatic N) is 2. The van der Waals surface area contributed by atoms with Crippen molar-refractivity contribution < 1.29 is 12.8 Å². The molecular formula is C18H19FN4O2S. The third-order valence-electron chi connectivity index (χ3n) is 3.71. The SMILES string of the molecule is O=S(=O)(Cc1ccccc1)NCCc1n[nH]c(Cc2cccc(F)c2)n1. The number of hydrogen-bond acceptors (Lipinski definition) is 4. The quantitative estimate of drug-likeness (QED) is 0.633. The van der Waals surface area contributed by atoms with Crippen molar-refractivity contribution >= 4 is 10.0 Å². The standard InChI is InChI=1S/C18H19FN4O2S/c19-16-8-4-7-15(11-16)12-18-21-17(22-23-18)9-10-20-26(24,25)13-14-5-2-1-3-6-14/h1-8,11,20H,9-10,12-13H2,(H,21,22,23). The summed E-state index contributed by atoms with van der Waals surface area (Å²) in [4.78, 5) is 4.31. The molecule has 0 saturated carbocycles. The van der Waals surface area contributed by atoms with Crippen LogP contribution in [0.25, 0.3) is 0 Å². The lowest BCUT2D eigenvalue weighted by Gasteiger charge is -2.05. The highest BCUT2D eigenvalue weighted by molar-refractivity contribution is 7.88. The van der Waals surface area contributed by atoms with E-state index in [1.54, 1.807) is 30.3 Å². The van der Waals surface area contributed by atoms with Crippen LogP contribution in [0.2, 0.25) is 0 Å². The van der Waals surface area contributed by atoms with Crippen LogP contribution in [-0.4, -0.2) is 30.1 Å². The highest BCUT2D eigenvalue weighted by Gasteiger charge is 2.12. The molecule has 0 atom stereocenters. The molecule has 2 N–H and O–H groups in total. The Balaban J connectivity index is 1.50. The zero-order valence-corrected chi connectivity index (χ0v) is 14.8. The predicted octanol–water partition coefficient (Wildman–Crippen LogP) is 2.20. The monoisotopic (exact) mass is 374 g/mol. The number of nitrogens with one attached hydrogen (secondary N) is 2. The minimum Gasteiger partial charge on any atom is -0.263 e. The van der Waals surface area contributed by atoms with Gasteiger partial charge in [-0.3, -0.25) is 5.10 Å². The maximum Gasteiger partial charge on any atom is 0.215 e. The van der Waals surface area contributed by atoms with Gasteiger partial charge in [0.2, 0.25) is 10.0 Å². The van der Waals surface area contributed by atoms with Crippen LogP contribution in [0.4, 0.5) is 4.39 Å². The number of aromatic amines is 1. The predicted molar refractivity (Wildman–Crippen MR) is 96.4 cm³/mol. The van der Waals surface area contributed by atoms with Crippen LogP contribution < -0.4 is 4.72 Å². The number of halogens is 1. The van der Waals surface area contributed by atoms with Crippen LogP contribution in [0.5, 0.6) is 0 Å². The normalized spacial score (nSPS) is 11.6.